The summed E-state index contributed by atoms with van der Waals surface area (Å²) in [5.41, 5.74) is 10.6. The first-order chi connectivity index (χ1) is 15.2. The number of carbonyl (C=O) groups is 1. The Hall–Kier alpha value is -3.51. The number of aliphatic hydroxyl groups excluding tert-OH is 1. The minimum Gasteiger partial charge on any atom is -0.493 e. The fraction of sp³-hybridized carbons (Fsp3) is 0.240. The van der Waals surface area contributed by atoms with Crippen molar-refractivity contribution in [3.8, 4) is 11.5 Å². The molecule has 4 rings (SSSR count). The second kappa shape index (κ2) is 10.5. The van der Waals surface area contributed by atoms with E-state index in [2.05, 4.69) is 12.1 Å². The summed E-state index contributed by atoms with van der Waals surface area (Å²) in [6.45, 7) is 1.65. The zero-order chi connectivity index (χ0) is 22.2. The molecule has 0 saturated heterocycles. The number of ether oxygens (including phenoxy) is 2. The zero-order valence-electron chi connectivity index (χ0n) is 17.9. The van der Waals surface area contributed by atoms with Crippen LogP contribution in [0.3, 0.4) is 0 Å². The van der Waals surface area contributed by atoms with Gasteiger partial charge in [-0.2, -0.15) is 0 Å². The van der Waals surface area contributed by atoms with Gasteiger partial charge < -0.3 is 25.2 Å². The number of methoxy groups -OCH3 is 1. The third kappa shape index (κ3) is 5.16. The van der Waals surface area contributed by atoms with E-state index in [1.165, 1.54) is 11.1 Å². The Kier molecular flexibility index (Phi) is 7.51. The lowest BCUT2D eigenvalue weighted by Gasteiger charge is -2.29. The molecule has 6 nitrogen and oxygen atoms in total. The number of nitrogen functional groups attached to an aromatic ring is 1. The van der Waals surface area contributed by atoms with E-state index >= 15 is 0 Å². The Balaban J connectivity index is 0.00000132. The van der Waals surface area contributed by atoms with Gasteiger partial charge in [0.15, 0.2) is 11.5 Å². The molecule has 0 unspecified atom stereocenters. The van der Waals surface area contributed by atoms with Crippen molar-refractivity contribution in [3.05, 3.63) is 89.0 Å². The maximum atomic E-state index is 13.1. The molecular weight excluding hydrogens is 392 g/mol. The highest BCUT2D eigenvalue weighted by Gasteiger charge is 2.24. The number of anilines is 1. The number of fused-ring (bicyclic) bond motifs is 1. The first-order valence-corrected chi connectivity index (χ1v) is 10.1. The lowest BCUT2D eigenvalue weighted by molar-refractivity contribution is 0.0735. The van der Waals surface area contributed by atoms with Crippen molar-refractivity contribution < 1.29 is 19.4 Å². The summed E-state index contributed by atoms with van der Waals surface area (Å²) >= 11 is 0. The van der Waals surface area contributed by atoms with Gasteiger partial charge >= 0.3 is 0 Å². The highest BCUT2D eigenvalue weighted by molar-refractivity contribution is 6.00. The molecule has 31 heavy (non-hydrogen) atoms. The number of nitrogens with zero attached hydrogens (tertiary/aromatic N) is 1. The second-order valence-electron chi connectivity index (χ2n) is 7.11. The van der Waals surface area contributed by atoms with Crippen LogP contribution in [0.1, 0.15) is 27.0 Å². The van der Waals surface area contributed by atoms with Gasteiger partial charge in [0.1, 0.15) is 6.61 Å². The number of benzene rings is 3. The Morgan fingerprint density at radius 2 is 1.68 bits per heavy atom. The topological polar surface area (TPSA) is 85.0 Å². The summed E-state index contributed by atoms with van der Waals surface area (Å²) in [4.78, 5) is 15.0. The molecule has 1 amide bonds. The molecule has 0 spiro atoms. The number of aliphatic hydroxyl groups is 1. The molecule has 162 valence electrons. The Bertz CT molecular complexity index is 1020. The zero-order valence-corrected chi connectivity index (χ0v) is 17.9. The van der Waals surface area contributed by atoms with Crippen LogP contribution in [0.15, 0.2) is 66.7 Å². The highest BCUT2D eigenvalue weighted by atomic mass is 16.5. The predicted molar refractivity (Wildman–Crippen MR) is 121 cm³/mol. The number of hydrogen-bond acceptors (Lipinski definition) is 5. The molecule has 3 N–H and O–H groups in total. The van der Waals surface area contributed by atoms with Crippen LogP contribution in [0.2, 0.25) is 0 Å². The first-order valence-electron chi connectivity index (χ1n) is 10.1. The molecule has 0 fully saturated rings. The monoisotopic (exact) mass is 420 g/mol. The molecule has 0 aliphatic carbocycles. The van der Waals surface area contributed by atoms with Crippen molar-refractivity contribution in [2.24, 2.45) is 0 Å². The maximum absolute atomic E-state index is 13.1. The van der Waals surface area contributed by atoms with Gasteiger partial charge in [0.05, 0.1) is 12.7 Å². The summed E-state index contributed by atoms with van der Waals surface area (Å²) in [5, 5.41) is 7.00. The number of carbonyl (C=O) groups excluding carboxylic acids is 1. The van der Waals surface area contributed by atoms with Crippen LogP contribution in [-0.2, 0) is 19.6 Å². The van der Waals surface area contributed by atoms with Crippen molar-refractivity contribution in [2.45, 2.75) is 19.6 Å². The quantitative estimate of drug-likeness (QED) is 0.616. The van der Waals surface area contributed by atoms with Gasteiger partial charge in [0.2, 0.25) is 0 Å². The highest BCUT2D eigenvalue weighted by Crippen LogP contribution is 2.34. The standard InChI is InChI=1S/C24H24N2O3.CH4O/c1-28-22-13-20(21(25)14-23(22)29-16-17-7-3-2-4-8-17)24(27)26-12-11-18-9-5-6-10-19(18)15-26;1-2/h2-10,13-14H,11-12,15-16,25H2,1H3;2H,1H3. The molecule has 1 aliphatic rings. The van der Waals surface area contributed by atoms with Crippen LogP contribution in [0.25, 0.3) is 0 Å². The minimum atomic E-state index is -0.0927. The Morgan fingerprint density at radius 3 is 2.39 bits per heavy atom. The SMILES string of the molecule is CO.COc1cc(C(=O)N2CCc3ccccc3C2)c(N)cc1OCc1ccccc1. The first kappa shape index (κ1) is 22.2. The third-order valence-electron chi connectivity index (χ3n) is 5.22. The van der Waals surface area contributed by atoms with Crippen molar-refractivity contribution in [2.75, 3.05) is 26.5 Å². The van der Waals surface area contributed by atoms with Crippen LogP contribution in [0.4, 0.5) is 5.69 Å². The van der Waals surface area contributed by atoms with Crippen LogP contribution in [0.5, 0.6) is 11.5 Å². The van der Waals surface area contributed by atoms with E-state index in [0.717, 1.165) is 19.1 Å². The molecule has 1 heterocycles. The number of nitrogens with two attached hydrogens (primary N) is 1. The van der Waals surface area contributed by atoms with Crippen molar-refractivity contribution in [1.29, 1.82) is 0 Å². The summed E-state index contributed by atoms with van der Waals surface area (Å²) in [5.74, 6) is 0.926. The largest absolute Gasteiger partial charge is 0.493 e. The number of hydrogen-bond donors (Lipinski definition) is 2. The molecule has 1 aliphatic heterocycles. The Labute approximate surface area is 182 Å². The minimum absolute atomic E-state index is 0.0927. The normalized spacial score (nSPS) is 12.3. The van der Waals surface area contributed by atoms with Crippen molar-refractivity contribution in [1.82, 2.24) is 4.90 Å². The average Bonchev–Trinajstić information content (AvgIpc) is 2.84. The van der Waals surface area contributed by atoms with Crippen molar-refractivity contribution >= 4 is 11.6 Å². The van der Waals surface area contributed by atoms with Gasteiger partial charge in [-0.3, -0.25) is 4.79 Å². The third-order valence-corrected chi connectivity index (χ3v) is 5.22. The molecule has 0 aromatic heterocycles. The van der Waals surface area contributed by atoms with E-state index < -0.39 is 0 Å². The smallest absolute Gasteiger partial charge is 0.256 e. The summed E-state index contributed by atoms with van der Waals surface area (Å²) < 4.78 is 11.4. The van der Waals surface area contributed by atoms with Crippen LogP contribution >= 0.6 is 0 Å². The van der Waals surface area contributed by atoms with E-state index in [1.807, 2.05) is 47.4 Å². The molecule has 0 saturated carbocycles. The van der Waals surface area contributed by atoms with Gasteiger partial charge in [0, 0.05) is 32.0 Å². The Morgan fingerprint density at radius 1 is 1.00 bits per heavy atom. The molecule has 0 bridgehead atoms. The van der Waals surface area contributed by atoms with E-state index in [4.69, 9.17) is 20.3 Å². The van der Waals surface area contributed by atoms with Crippen LogP contribution < -0.4 is 15.2 Å². The summed E-state index contributed by atoms with van der Waals surface area (Å²) in [7, 11) is 2.56. The maximum Gasteiger partial charge on any atom is 0.256 e. The van der Waals surface area contributed by atoms with E-state index in [-0.39, 0.29) is 5.91 Å². The molecule has 0 atom stereocenters. The second-order valence-corrected chi connectivity index (χ2v) is 7.11. The summed E-state index contributed by atoms with van der Waals surface area (Å²) in [6, 6.07) is 21.4. The van der Waals surface area contributed by atoms with E-state index in [0.29, 0.717) is 42.4 Å². The summed E-state index contributed by atoms with van der Waals surface area (Å²) in [6.07, 6.45) is 0.844. The van der Waals surface area contributed by atoms with Crippen molar-refractivity contribution in [3.63, 3.8) is 0 Å². The predicted octanol–water partition coefficient (Wildman–Crippen LogP) is 3.66. The number of rotatable bonds is 5. The van der Waals surface area contributed by atoms with E-state index in [9.17, 15) is 4.79 Å². The fourth-order valence-corrected chi connectivity index (χ4v) is 3.61. The van der Waals surface area contributed by atoms with Gasteiger partial charge in [0.25, 0.3) is 5.91 Å². The molecule has 0 radical (unpaired) electrons. The van der Waals surface area contributed by atoms with Gasteiger partial charge in [-0.05, 0) is 29.2 Å². The molecule has 3 aromatic rings. The number of amides is 1. The lowest BCUT2D eigenvalue weighted by Crippen LogP contribution is -2.36. The molecule has 6 heteroatoms. The van der Waals surface area contributed by atoms with Crippen LogP contribution in [-0.4, -0.2) is 36.7 Å². The molecule has 3 aromatic carbocycles. The van der Waals surface area contributed by atoms with Gasteiger partial charge in [-0.25, -0.2) is 0 Å². The van der Waals surface area contributed by atoms with Gasteiger partial charge in [-0.15, -0.1) is 0 Å². The van der Waals surface area contributed by atoms with E-state index in [1.54, 1.807) is 19.2 Å². The fourth-order valence-electron chi connectivity index (χ4n) is 3.61. The average molecular weight is 421 g/mol. The molecular formula is C25H28N2O4. The van der Waals surface area contributed by atoms with Gasteiger partial charge in [-0.1, -0.05) is 54.6 Å². The van der Waals surface area contributed by atoms with Crippen LogP contribution in [0, 0.1) is 0 Å². The lowest BCUT2D eigenvalue weighted by atomic mass is 9.99.